The Balaban J connectivity index is 2.08. The van der Waals surface area contributed by atoms with E-state index in [9.17, 15) is 14.4 Å². The molecular weight excluding hydrogens is 434 g/mol. The number of hydrogen-bond donors (Lipinski definition) is 3. The van der Waals surface area contributed by atoms with Crippen LogP contribution < -0.4 is 16.9 Å². The van der Waals surface area contributed by atoms with E-state index in [1.807, 2.05) is 6.92 Å². The van der Waals surface area contributed by atoms with Crippen molar-refractivity contribution in [1.29, 1.82) is 0 Å². The number of nitrogens with two attached hydrogens (primary N) is 2. The first-order valence-electron chi connectivity index (χ1n) is 10.9. The van der Waals surface area contributed by atoms with Crippen LogP contribution >= 0.6 is 0 Å². The van der Waals surface area contributed by atoms with Crippen molar-refractivity contribution in [2.75, 3.05) is 72.8 Å². The lowest BCUT2D eigenvalue weighted by Crippen LogP contribution is -2.57. The van der Waals surface area contributed by atoms with Gasteiger partial charge in [-0.3, -0.25) is 14.6 Å². The molecule has 188 valence electrons. The molecule has 1 aliphatic heterocycles. The van der Waals surface area contributed by atoms with E-state index in [0.29, 0.717) is 64.6 Å². The summed E-state index contributed by atoms with van der Waals surface area (Å²) in [5, 5.41) is 6.41. The number of methoxy groups -OCH3 is 1. The Morgan fingerprint density at radius 3 is 2.58 bits per heavy atom. The fourth-order valence-electron chi connectivity index (χ4n) is 2.82. The number of carbonyl (C=O) groups is 3. The van der Waals surface area contributed by atoms with E-state index < -0.39 is 5.91 Å². The molecule has 0 radical (unpaired) electrons. The molecule has 33 heavy (non-hydrogen) atoms. The van der Waals surface area contributed by atoms with Gasteiger partial charge in [0.15, 0.2) is 0 Å². The number of urea groups is 1. The fourth-order valence-corrected chi connectivity index (χ4v) is 2.82. The van der Waals surface area contributed by atoms with Crippen LogP contribution in [0.1, 0.15) is 19.8 Å². The second-order valence-electron chi connectivity index (χ2n) is 7.38. The molecule has 0 saturated carbocycles. The van der Waals surface area contributed by atoms with Crippen LogP contribution in [0.15, 0.2) is 10.1 Å². The van der Waals surface area contributed by atoms with Gasteiger partial charge < -0.3 is 40.9 Å². The lowest BCUT2D eigenvalue weighted by atomic mass is 10.2. The summed E-state index contributed by atoms with van der Waals surface area (Å²) in [6.45, 7) is 5.14. The van der Waals surface area contributed by atoms with Crippen LogP contribution in [-0.2, 0) is 23.8 Å². The molecule has 1 aliphatic rings. The van der Waals surface area contributed by atoms with Crippen molar-refractivity contribution in [3.8, 4) is 0 Å². The summed E-state index contributed by atoms with van der Waals surface area (Å²) in [6.07, 6.45) is 2.90. The Bertz CT molecular complexity index is 667. The molecular formula is C20H37N7O6. The minimum atomic E-state index is -0.572. The van der Waals surface area contributed by atoms with Gasteiger partial charge >= 0.3 is 6.03 Å². The first kappa shape index (κ1) is 28.3. The Morgan fingerprint density at radius 2 is 1.94 bits per heavy atom. The summed E-state index contributed by atoms with van der Waals surface area (Å²) in [4.78, 5) is 42.0. The number of nitrogens with zero attached hydrogens (tertiary/aromatic N) is 4. The zero-order chi connectivity index (χ0) is 24.5. The third-order valence-electron chi connectivity index (χ3n) is 4.66. The molecule has 0 aromatic rings. The Labute approximate surface area is 194 Å². The van der Waals surface area contributed by atoms with Gasteiger partial charge in [-0.05, 0) is 12.8 Å². The number of carbonyl (C=O) groups excluding carboxylic acids is 3. The molecule has 0 unspecified atom stereocenters. The van der Waals surface area contributed by atoms with E-state index in [-0.39, 0.29) is 37.7 Å². The molecule has 0 aliphatic carbocycles. The zero-order valence-electron chi connectivity index (χ0n) is 19.5. The number of hydrazone groups is 1. The van der Waals surface area contributed by atoms with Gasteiger partial charge in [0.25, 0.3) is 0 Å². The predicted octanol–water partition coefficient (Wildman–Crippen LogP) is -1.44. The van der Waals surface area contributed by atoms with Crippen molar-refractivity contribution in [3.63, 3.8) is 0 Å². The van der Waals surface area contributed by atoms with Crippen LogP contribution in [0.4, 0.5) is 4.79 Å². The normalized spacial score (nSPS) is 14.4. The Morgan fingerprint density at radius 1 is 1.21 bits per heavy atom. The minimum Gasteiger partial charge on any atom is -0.379 e. The highest BCUT2D eigenvalue weighted by atomic mass is 16.5. The quantitative estimate of drug-likeness (QED) is 0.101. The smallest absolute Gasteiger partial charge is 0.317 e. The Hall–Kier alpha value is -2.77. The predicted molar refractivity (Wildman–Crippen MR) is 123 cm³/mol. The topological polar surface area (TPSA) is 174 Å². The van der Waals surface area contributed by atoms with Gasteiger partial charge in [0.2, 0.25) is 11.8 Å². The SMILES string of the molecule is CCCN(CC(N)=O)C(=O)CN=C/C(COCCOCCCNC(=O)N1CC(OC)C1)=N\N. The average Bonchev–Trinajstić information content (AvgIpc) is 2.75. The molecule has 1 heterocycles. The number of likely N-dealkylation sites (tertiary alicyclic amines) is 1. The van der Waals surface area contributed by atoms with E-state index in [1.165, 1.54) is 11.1 Å². The van der Waals surface area contributed by atoms with Gasteiger partial charge in [0.1, 0.15) is 12.3 Å². The summed E-state index contributed by atoms with van der Waals surface area (Å²) >= 11 is 0. The first-order chi connectivity index (χ1) is 15.9. The second kappa shape index (κ2) is 16.8. The number of primary amides is 1. The maximum Gasteiger partial charge on any atom is 0.317 e. The third kappa shape index (κ3) is 12.2. The highest BCUT2D eigenvalue weighted by Crippen LogP contribution is 2.10. The van der Waals surface area contributed by atoms with Crippen molar-refractivity contribution >= 4 is 29.8 Å². The Kier molecular flexibility index (Phi) is 14.4. The van der Waals surface area contributed by atoms with Crippen molar-refractivity contribution in [2.45, 2.75) is 25.9 Å². The molecule has 0 bridgehead atoms. The maximum absolute atomic E-state index is 12.1. The number of hydrogen-bond acceptors (Lipinski definition) is 9. The molecule has 4 amide bonds. The van der Waals surface area contributed by atoms with Crippen molar-refractivity contribution in [2.24, 2.45) is 21.7 Å². The van der Waals surface area contributed by atoms with E-state index in [1.54, 1.807) is 12.0 Å². The summed E-state index contributed by atoms with van der Waals surface area (Å²) in [5.41, 5.74) is 5.52. The van der Waals surface area contributed by atoms with E-state index in [2.05, 4.69) is 15.4 Å². The maximum atomic E-state index is 12.1. The first-order valence-corrected chi connectivity index (χ1v) is 10.9. The van der Waals surface area contributed by atoms with Gasteiger partial charge in [0.05, 0.1) is 45.6 Å². The van der Waals surface area contributed by atoms with Crippen LogP contribution in [0.2, 0.25) is 0 Å². The van der Waals surface area contributed by atoms with Crippen LogP contribution in [0, 0.1) is 0 Å². The molecule has 0 aromatic carbocycles. The van der Waals surface area contributed by atoms with Gasteiger partial charge in [-0.2, -0.15) is 5.10 Å². The molecule has 0 aromatic heterocycles. The number of nitrogens with one attached hydrogen (secondary N) is 1. The van der Waals surface area contributed by atoms with Crippen LogP contribution in [0.25, 0.3) is 0 Å². The van der Waals surface area contributed by atoms with Crippen molar-refractivity contribution in [3.05, 3.63) is 0 Å². The fraction of sp³-hybridized carbons (Fsp3) is 0.750. The number of amides is 4. The molecule has 0 spiro atoms. The number of aliphatic imine (C=N–C) groups is 1. The minimum absolute atomic E-state index is 0.0884. The number of ether oxygens (including phenoxy) is 3. The molecule has 1 rings (SSSR count). The molecule has 13 heteroatoms. The van der Waals surface area contributed by atoms with Gasteiger partial charge in [-0.25, -0.2) is 4.79 Å². The van der Waals surface area contributed by atoms with Gasteiger partial charge in [-0.1, -0.05) is 6.92 Å². The van der Waals surface area contributed by atoms with Crippen LogP contribution in [-0.4, -0.2) is 118 Å². The summed E-state index contributed by atoms with van der Waals surface area (Å²) in [5.74, 6) is 4.44. The second-order valence-corrected chi connectivity index (χ2v) is 7.38. The molecule has 5 N–H and O–H groups in total. The lowest BCUT2D eigenvalue weighted by molar-refractivity contribution is -0.133. The largest absolute Gasteiger partial charge is 0.379 e. The molecule has 1 fully saturated rings. The van der Waals surface area contributed by atoms with Gasteiger partial charge in [-0.15, -0.1) is 0 Å². The standard InChI is InChI=1S/C20H37N7O6/c1-3-6-26(14-18(21)28)19(29)11-23-10-16(25-22)15-33-9-8-32-7-4-5-24-20(30)27-12-17(13-27)31-2/h10,17H,3-9,11-15,22H2,1-2H3,(H2,21,28)(H,24,30)/b23-10?,25-16+. The molecule has 0 atom stereocenters. The monoisotopic (exact) mass is 471 g/mol. The highest BCUT2D eigenvalue weighted by Gasteiger charge is 2.29. The van der Waals surface area contributed by atoms with Crippen LogP contribution in [0.5, 0.6) is 0 Å². The zero-order valence-corrected chi connectivity index (χ0v) is 19.5. The highest BCUT2D eigenvalue weighted by molar-refractivity contribution is 6.31. The van der Waals surface area contributed by atoms with E-state index in [0.717, 1.165) is 0 Å². The van der Waals surface area contributed by atoms with Crippen molar-refractivity contribution in [1.82, 2.24) is 15.1 Å². The molecule has 1 saturated heterocycles. The summed E-state index contributed by atoms with van der Waals surface area (Å²) < 4.78 is 16.0. The van der Waals surface area contributed by atoms with E-state index >= 15 is 0 Å². The molecule has 13 nitrogen and oxygen atoms in total. The van der Waals surface area contributed by atoms with Crippen molar-refractivity contribution < 1.29 is 28.6 Å². The summed E-state index contributed by atoms with van der Waals surface area (Å²) in [7, 11) is 1.64. The summed E-state index contributed by atoms with van der Waals surface area (Å²) in [6, 6.07) is -0.0884. The van der Waals surface area contributed by atoms with Crippen LogP contribution in [0.3, 0.4) is 0 Å². The number of rotatable bonds is 17. The van der Waals surface area contributed by atoms with Gasteiger partial charge in [0, 0.05) is 33.0 Å². The van der Waals surface area contributed by atoms with E-state index in [4.69, 9.17) is 25.8 Å². The third-order valence-corrected chi connectivity index (χ3v) is 4.66. The average molecular weight is 472 g/mol. The lowest BCUT2D eigenvalue weighted by Gasteiger charge is -2.37.